The zero-order chi connectivity index (χ0) is 23.5. The Hall–Kier alpha value is -3.57. The molecule has 2 aromatic heterocycles. The summed E-state index contributed by atoms with van der Waals surface area (Å²) in [5.74, 6) is -0.387. The van der Waals surface area contributed by atoms with Crippen LogP contribution in [0.1, 0.15) is 6.92 Å². The Labute approximate surface area is 196 Å². The van der Waals surface area contributed by atoms with Gasteiger partial charge in [-0.15, -0.1) is 11.3 Å². The van der Waals surface area contributed by atoms with Gasteiger partial charge in [-0.3, -0.25) is 14.9 Å². The van der Waals surface area contributed by atoms with E-state index in [1.54, 1.807) is 19.1 Å². The third-order valence-corrected chi connectivity index (χ3v) is 6.79. The van der Waals surface area contributed by atoms with Gasteiger partial charge in [0.05, 0.1) is 28.4 Å². The number of carbonyl (C=O) groups is 1. The van der Waals surface area contributed by atoms with Crippen LogP contribution >= 0.6 is 23.1 Å². The number of hydrogen-bond donors (Lipinski definition) is 1. The van der Waals surface area contributed by atoms with E-state index in [1.807, 2.05) is 5.38 Å². The number of non-ortho nitro benzene ring substituents is 1. The number of thiophene rings is 1. The van der Waals surface area contributed by atoms with Crippen molar-refractivity contribution in [1.82, 2.24) is 9.97 Å². The molecular formula is C22H17FN4O4S2. The fourth-order valence-electron chi connectivity index (χ4n) is 3.14. The van der Waals surface area contributed by atoms with Crippen molar-refractivity contribution in [3.63, 3.8) is 0 Å². The average molecular weight is 485 g/mol. The first-order valence-corrected chi connectivity index (χ1v) is 11.4. The van der Waals surface area contributed by atoms with E-state index in [0.29, 0.717) is 10.8 Å². The first-order chi connectivity index (χ1) is 15.9. The fraction of sp³-hybridized carbons (Fsp3) is 0.136. The molecule has 1 unspecified atom stereocenters. The van der Waals surface area contributed by atoms with Gasteiger partial charge in [0.25, 0.3) is 5.69 Å². The third kappa shape index (κ3) is 4.78. The summed E-state index contributed by atoms with van der Waals surface area (Å²) in [6.45, 7) is 1.71. The number of hydrogen-bond acceptors (Lipinski definition) is 8. The lowest BCUT2D eigenvalue weighted by molar-refractivity contribution is -0.384. The van der Waals surface area contributed by atoms with E-state index in [4.69, 9.17) is 4.74 Å². The maximum atomic E-state index is 13.4. The fourth-order valence-corrected chi connectivity index (χ4v) is 5.06. The molecule has 0 aliphatic heterocycles. The van der Waals surface area contributed by atoms with E-state index >= 15 is 0 Å². The van der Waals surface area contributed by atoms with Crippen LogP contribution in [0.2, 0.25) is 0 Å². The molecule has 2 heterocycles. The number of amides is 1. The van der Waals surface area contributed by atoms with Crippen molar-refractivity contribution in [3.05, 3.63) is 70.1 Å². The Kier molecular flexibility index (Phi) is 6.52. The Morgan fingerprint density at radius 1 is 1.24 bits per heavy atom. The number of nitro groups is 1. The number of benzene rings is 2. The molecule has 0 saturated heterocycles. The molecule has 4 rings (SSSR count). The van der Waals surface area contributed by atoms with Gasteiger partial charge in [0.15, 0.2) is 0 Å². The number of nitrogens with zero attached hydrogens (tertiary/aromatic N) is 3. The highest BCUT2D eigenvalue weighted by atomic mass is 32.2. The molecule has 0 radical (unpaired) electrons. The normalized spacial score (nSPS) is 11.8. The number of nitro benzene ring substituents is 1. The highest BCUT2D eigenvalue weighted by Gasteiger charge is 2.22. The van der Waals surface area contributed by atoms with Crippen molar-refractivity contribution in [2.24, 2.45) is 0 Å². The highest BCUT2D eigenvalue weighted by molar-refractivity contribution is 8.00. The molecule has 8 nitrogen and oxygen atoms in total. The molecule has 0 aliphatic carbocycles. The SMILES string of the molecule is COc1ccc([N+](=O)[O-])cc1NC(=O)C(C)Sc1ncnc2scc(-c3ccc(F)cc3)c12. The van der Waals surface area contributed by atoms with E-state index in [2.05, 4.69) is 15.3 Å². The third-order valence-electron chi connectivity index (χ3n) is 4.80. The molecule has 0 fully saturated rings. The number of thioether (sulfide) groups is 1. The second kappa shape index (κ2) is 9.51. The number of carbonyl (C=O) groups excluding carboxylic acids is 1. The molecular weight excluding hydrogens is 467 g/mol. The predicted octanol–water partition coefficient (Wildman–Crippen LogP) is 5.53. The predicted molar refractivity (Wildman–Crippen MR) is 126 cm³/mol. The molecule has 0 bridgehead atoms. The standard InChI is InChI=1S/C22H17FN4O4S2/c1-12(20(28)26-17-9-15(27(29)30)7-8-18(17)31-2)33-22-19-16(10-32-21(19)24-11-25-22)13-3-5-14(23)6-4-13/h3-12H,1-2H3,(H,26,28). The Morgan fingerprint density at radius 3 is 2.70 bits per heavy atom. The summed E-state index contributed by atoms with van der Waals surface area (Å²) in [6, 6.07) is 10.1. The van der Waals surface area contributed by atoms with Crippen LogP contribution in [0.25, 0.3) is 21.3 Å². The topological polar surface area (TPSA) is 107 Å². The first kappa shape index (κ1) is 22.6. The van der Waals surface area contributed by atoms with Gasteiger partial charge in [0, 0.05) is 23.1 Å². The van der Waals surface area contributed by atoms with Crippen molar-refractivity contribution in [1.29, 1.82) is 0 Å². The van der Waals surface area contributed by atoms with Crippen LogP contribution in [0.3, 0.4) is 0 Å². The monoisotopic (exact) mass is 484 g/mol. The minimum absolute atomic E-state index is 0.161. The van der Waals surface area contributed by atoms with Crippen LogP contribution in [0.5, 0.6) is 5.75 Å². The van der Waals surface area contributed by atoms with Gasteiger partial charge in [-0.1, -0.05) is 23.9 Å². The van der Waals surface area contributed by atoms with Crippen LogP contribution in [0.15, 0.2) is 59.2 Å². The van der Waals surface area contributed by atoms with Gasteiger partial charge in [0.1, 0.15) is 27.8 Å². The van der Waals surface area contributed by atoms with Gasteiger partial charge in [0.2, 0.25) is 5.91 Å². The quantitative estimate of drug-likeness (QED) is 0.159. The zero-order valence-corrected chi connectivity index (χ0v) is 19.1. The molecule has 0 aliphatic rings. The Morgan fingerprint density at radius 2 is 2.00 bits per heavy atom. The number of anilines is 1. The van der Waals surface area contributed by atoms with Crippen LogP contribution in [0.4, 0.5) is 15.8 Å². The number of fused-ring (bicyclic) bond motifs is 1. The highest BCUT2D eigenvalue weighted by Crippen LogP contribution is 2.39. The Balaban J connectivity index is 1.61. The molecule has 1 amide bonds. The lowest BCUT2D eigenvalue weighted by Gasteiger charge is -2.14. The van der Waals surface area contributed by atoms with Crippen molar-refractivity contribution in [2.75, 3.05) is 12.4 Å². The van der Waals surface area contributed by atoms with Crippen molar-refractivity contribution in [3.8, 4) is 16.9 Å². The summed E-state index contributed by atoms with van der Waals surface area (Å²) in [5, 5.41) is 16.5. The number of rotatable bonds is 7. The number of halogens is 1. The summed E-state index contributed by atoms with van der Waals surface area (Å²) < 4.78 is 18.6. The molecule has 4 aromatic rings. The maximum Gasteiger partial charge on any atom is 0.271 e. The van der Waals surface area contributed by atoms with Gasteiger partial charge < -0.3 is 10.1 Å². The first-order valence-electron chi connectivity index (χ1n) is 9.65. The van der Waals surface area contributed by atoms with Crippen LogP contribution < -0.4 is 10.1 Å². The van der Waals surface area contributed by atoms with Crippen LogP contribution in [0, 0.1) is 15.9 Å². The zero-order valence-electron chi connectivity index (χ0n) is 17.4. The Bertz CT molecular complexity index is 1340. The molecule has 2 aromatic carbocycles. The second-order valence-electron chi connectivity index (χ2n) is 6.91. The van der Waals surface area contributed by atoms with E-state index in [-0.39, 0.29) is 23.1 Å². The van der Waals surface area contributed by atoms with Gasteiger partial charge >= 0.3 is 0 Å². The van der Waals surface area contributed by atoms with E-state index in [0.717, 1.165) is 21.3 Å². The number of nitrogens with one attached hydrogen (secondary N) is 1. The lowest BCUT2D eigenvalue weighted by Crippen LogP contribution is -2.23. The minimum Gasteiger partial charge on any atom is -0.495 e. The summed E-state index contributed by atoms with van der Waals surface area (Å²) in [6.07, 6.45) is 1.43. The second-order valence-corrected chi connectivity index (χ2v) is 9.09. The molecule has 1 N–H and O–H groups in total. The van der Waals surface area contributed by atoms with Gasteiger partial charge in [-0.05, 0) is 30.7 Å². The van der Waals surface area contributed by atoms with Crippen molar-refractivity contribution < 1.29 is 18.8 Å². The van der Waals surface area contributed by atoms with E-state index < -0.39 is 10.2 Å². The summed E-state index contributed by atoms with van der Waals surface area (Å²) in [4.78, 5) is 32.9. The molecule has 0 saturated carbocycles. The summed E-state index contributed by atoms with van der Waals surface area (Å²) in [5.41, 5.74) is 1.72. The minimum atomic E-state index is -0.590. The van der Waals surface area contributed by atoms with Crippen LogP contribution in [-0.4, -0.2) is 33.2 Å². The van der Waals surface area contributed by atoms with Crippen molar-refractivity contribution in [2.45, 2.75) is 17.2 Å². The largest absolute Gasteiger partial charge is 0.495 e. The molecule has 168 valence electrons. The maximum absolute atomic E-state index is 13.4. The summed E-state index contributed by atoms with van der Waals surface area (Å²) >= 11 is 2.67. The molecule has 1 atom stereocenters. The molecule has 11 heteroatoms. The van der Waals surface area contributed by atoms with Gasteiger partial charge in [-0.25, -0.2) is 14.4 Å². The molecule has 0 spiro atoms. The van der Waals surface area contributed by atoms with E-state index in [9.17, 15) is 19.3 Å². The number of aromatic nitrogens is 2. The van der Waals surface area contributed by atoms with Crippen molar-refractivity contribution >= 4 is 50.6 Å². The average Bonchev–Trinajstić information content (AvgIpc) is 3.24. The van der Waals surface area contributed by atoms with Crippen LogP contribution in [-0.2, 0) is 4.79 Å². The number of methoxy groups -OCH3 is 1. The van der Waals surface area contributed by atoms with E-state index in [1.165, 1.54) is 66.9 Å². The summed E-state index contributed by atoms with van der Waals surface area (Å²) in [7, 11) is 1.42. The smallest absolute Gasteiger partial charge is 0.271 e. The molecule has 33 heavy (non-hydrogen) atoms. The lowest BCUT2D eigenvalue weighted by atomic mass is 10.1. The number of ether oxygens (including phenoxy) is 1. The van der Waals surface area contributed by atoms with Gasteiger partial charge in [-0.2, -0.15) is 0 Å².